The molecule has 0 aliphatic rings. The van der Waals surface area contributed by atoms with E-state index in [4.69, 9.17) is 5.73 Å². The molecule has 4 N–H and O–H groups in total. The monoisotopic (exact) mass is 331 g/mol. The van der Waals surface area contributed by atoms with E-state index in [2.05, 4.69) is 33.0 Å². The number of benzene rings is 1. The molecule has 0 saturated heterocycles. The smallest absolute Gasteiger partial charge is 0.375 e. The molecule has 0 saturated carbocycles. The van der Waals surface area contributed by atoms with E-state index in [1.165, 1.54) is 12.1 Å². The first-order valence-electron chi connectivity index (χ1n) is 5.79. The first-order valence-corrected chi connectivity index (χ1v) is 6.20. The van der Waals surface area contributed by atoms with Crippen LogP contribution in [0.4, 0.5) is 23.5 Å². The van der Waals surface area contributed by atoms with Gasteiger partial charge in [-0.1, -0.05) is 0 Å². The summed E-state index contributed by atoms with van der Waals surface area (Å²) in [5.41, 5.74) is 8.78. The summed E-state index contributed by atoms with van der Waals surface area (Å²) in [7, 11) is 0. The van der Waals surface area contributed by atoms with Gasteiger partial charge in [-0.15, -0.1) is 0 Å². The predicted molar refractivity (Wildman–Crippen MR) is 76.0 cm³/mol. The second-order valence-corrected chi connectivity index (χ2v) is 4.52. The van der Waals surface area contributed by atoms with Crippen molar-refractivity contribution in [3.05, 3.63) is 41.8 Å². The fourth-order valence-corrected chi connectivity index (χ4v) is 1.59. The lowest BCUT2D eigenvalue weighted by Gasteiger charge is -2.12. The second kappa shape index (κ2) is 6.10. The molecule has 0 amide bonds. The SMILES string of the molecule is NC(=S)NNc1nc(-c2ccc(F)cc2)cc(C(F)(F)F)n1. The average Bonchev–Trinajstić information content (AvgIpc) is 2.44. The molecule has 0 radical (unpaired) electrons. The van der Waals surface area contributed by atoms with Crippen LogP contribution in [-0.2, 0) is 6.18 Å². The third-order valence-electron chi connectivity index (χ3n) is 2.45. The lowest BCUT2D eigenvalue weighted by atomic mass is 10.1. The maximum absolute atomic E-state index is 12.9. The van der Waals surface area contributed by atoms with Crippen LogP contribution in [-0.4, -0.2) is 15.1 Å². The number of anilines is 1. The minimum atomic E-state index is -4.67. The molecule has 1 heterocycles. The van der Waals surface area contributed by atoms with Crippen LogP contribution in [0.15, 0.2) is 30.3 Å². The predicted octanol–water partition coefficient (Wildman–Crippen LogP) is 2.46. The standard InChI is InChI=1S/C12H9F4N5S/c13-7-3-1-6(2-4-7)8-5-9(12(14,15)16)19-11(18-8)21-20-10(17)22/h1-5H,(H3,17,20,22)(H,18,19,21). The third-order valence-corrected chi connectivity index (χ3v) is 2.56. The maximum atomic E-state index is 12.9. The van der Waals surface area contributed by atoms with Crippen molar-refractivity contribution in [1.82, 2.24) is 15.4 Å². The van der Waals surface area contributed by atoms with Gasteiger partial charge in [0.15, 0.2) is 10.8 Å². The summed E-state index contributed by atoms with van der Waals surface area (Å²) >= 11 is 4.53. The molecule has 2 aromatic rings. The van der Waals surface area contributed by atoms with E-state index in [9.17, 15) is 17.6 Å². The van der Waals surface area contributed by atoms with Crippen LogP contribution in [0.1, 0.15) is 5.69 Å². The van der Waals surface area contributed by atoms with Crippen LogP contribution in [0.3, 0.4) is 0 Å². The Balaban J connectivity index is 2.45. The van der Waals surface area contributed by atoms with E-state index >= 15 is 0 Å². The molecule has 1 aromatic carbocycles. The van der Waals surface area contributed by atoms with Gasteiger partial charge < -0.3 is 5.73 Å². The van der Waals surface area contributed by atoms with Crippen molar-refractivity contribution >= 4 is 23.3 Å². The Morgan fingerprint density at radius 3 is 2.32 bits per heavy atom. The highest BCUT2D eigenvalue weighted by molar-refractivity contribution is 7.80. The van der Waals surface area contributed by atoms with Gasteiger partial charge in [-0.05, 0) is 42.5 Å². The summed E-state index contributed by atoms with van der Waals surface area (Å²) in [6.45, 7) is 0. The van der Waals surface area contributed by atoms with Crippen molar-refractivity contribution in [3.63, 3.8) is 0 Å². The molecular formula is C12H9F4N5S. The van der Waals surface area contributed by atoms with Crippen molar-refractivity contribution in [2.75, 3.05) is 5.43 Å². The summed E-state index contributed by atoms with van der Waals surface area (Å²) in [6, 6.07) is 5.61. The van der Waals surface area contributed by atoms with Crippen molar-refractivity contribution in [1.29, 1.82) is 0 Å². The van der Waals surface area contributed by atoms with E-state index in [0.717, 1.165) is 18.2 Å². The van der Waals surface area contributed by atoms with Gasteiger partial charge in [0, 0.05) is 5.56 Å². The molecule has 5 nitrogen and oxygen atoms in total. The molecule has 0 aliphatic carbocycles. The van der Waals surface area contributed by atoms with Gasteiger partial charge in [-0.2, -0.15) is 13.2 Å². The Bertz CT molecular complexity index is 687. The Hall–Kier alpha value is -2.49. The minimum absolute atomic E-state index is 0.0328. The number of thiocarbonyl (C=S) groups is 1. The molecule has 22 heavy (non-hydrogen) atoms. The fourth-order valence-electron chi connectivity index (χ4n) is 1.53. The lowest BCUT2D eigenvalue weighted by molar-refractivity contribution is -0.141. The van der Waals surface area contributed by atoms with E-state index in [0.29, 0.717) is 5.56 Å². The topological polar surface area (TPSA) is 75.9 Å². The van der Waals surface area contributed by atoms with Gasteiger partial charge in [-0.3, -0.25) is 10.9 Å². The lowest BCUT2D eigenvalue weighted by Crippen LogP contribution is -2.35. The number of nitrogens with two attached hydrogens (primary N) is 1. The number of alkyl halides is 3. The van der Waals surface area contributed by atoms with Crippen LogP contribution in [0.2, 0.25) is 0 Å². The number of halogens is 4. The van der Waals surface area contributed by atoms with Crippen LogP contribution in [0.5, 0.6) is 0 Å². The van der Waals surface area contributed by atoms with Crippen molar-refractivity contribution < 1.29 is 17.6 Å². The Labute approximate surface area is 127 Å². The third kappa shape index (κ3) is 4.01. The molecule has 0 atom stereocenters. The molecule has 1 aromatic heterocycles. The van der Waals surface area contributed by atoms with Crippen molar-refractivity contribution in [2.45, 2.75) is 6.18 Å². The number of hydrogen-bond acceptors (Lipinski definition) is 4. The Morgan fingerprint density at radius 2 is 1.77 bits per heavy atom. The summed E-state index contributed by atoms with van der Waals surface area (Å²) in [4.78, 5) is 7.22. The minimum Gasteiger partial charge on any atom is -0.375 e. The molecule has 0 bridgehead atoms. The maximum Gasteiger partial charge on any atom is 0.433 e. The van der Waals surface area contributed by atoms with E-state index in [-0.39, 0.29) is 16.8 Å². The zero-order valence-corrected chi connectivity index (χ0v) is 11.6. The summed E-state index contributed by atoms with van der Waals surface area (Å²) in [5.74, 6) is -0.885. The molecule has 2 rings (SSSR count). The second-order valence-electron chi connectivity index (χ2n) is 4.08. The summed E-state index contributed by atoms with van der Waals surface area (Å²) in [6.07, 6.45) is -4.67. The van der Waals surface area contributed by atoms with Crippen LogP contribution in [0, 0.1) is 5.82 Å². The number of rotatable bonds is 3. The molecule has 116 valence electrons. The number of hydrazine groups is 1. The van der Waals surface area contributed by atoms with Gasteiger partial charge >= 0.3 is 6.18 Å². The summed E-state index contributed by atoms with van der Waals surface area (Å²) < 4.78 is 51.5. The Morgan fingerprint density at radius 1 is 1.14 bits per heavy atom. The van der Waals surface area contributed by atoms with Crippen LogP contribution in [0.25, 0.3) is 11.3 Å². The molecule has 0 fully saturated rings. The highest BCUT2D eigenvalue weighted by atomic mass is 32.1. The van der Waals surface area contributed by atoms with Gasteiger partial charge in [0.1, 0.15) is 5.82 Å². The molecular weight excluding hydrogens is 322 g/mol. The van der Waals surface area contributed by atoms with Crippen molar-refractivity contribution in [3.8, 4) is 11.3 Å². The van der Waals surface area contributed by atoms with Crippen LogP contribution < -0.4 is 16.6 Å². The number of nitrogens with one attached hydrogen (secondary N) is 2. The highest BCUT2D eigenvalue weighted by Gasteiger charge is 2.33. The van der Waals surface area contributed by atoms with Gasteiger partial charge in [0.05, 0.1) is 5.69 Å². The van der Waals surface area contributed by atoms with Gasteiger partial charge in [0.25, 0.3) is 0 Å². The zero-order chi connectivity index (χ0) is 16.3. The molecule has 0 unspecified atom stereocenters. The van der Waals surface area contributed by atoms with E-state index in [1.54, 1.807) is 0 Å². The zero-order valence-electron chi connectivity index (χ0n) is 10.8. The summed E-state index contributed by atoms with van der Waals surface area (Å²) in [5, 5.41) is -0.190. The van der Waals surface area contributed by atoms with Crippen LogP contribution >= 0.6 is 12.2 Å². The number of hydrogen-bond donors (Lipinski definition) is 3. The van der Waals surface area contributed by atoms with Gasteiger partial charge in [-0.25, -0.2) is 14.4 Å². The Kier molecular flexibility index (Phi) is 4.40. The van der Waals surface area contributed by atoms with Gasteiger partial charge in [0.2, 0.25) is 5.95 Å². The first kappa shape index (κ1) is 15.9. The van der Waals surface area contributed by atoms with E-state index in [1.807, 2.05) is 0 Å². The molecule has 10 heteroatoms. The van der Waals surface area contributed by atoms with E-state index < -0.39 is 17.7 Å². The first-order chi connectivity index (χ1) is 10.3. The number of aromatic nitrogens is 2. The fraction of sp³-hybridized carbons (Fsp3) is 0.0833. The highest BCUT2D eigenvalue weighted by Crippen LogP contribution is 2.31. The van der Waals surface area contributed by atoms with Crippen molar-refractivity contribution in [2.24, 2.45) is 5.73 Å². The number of nitrogens with zero attached hydrogens (tertiary/aromatic N) is 2. The molecule has 0 spiro atoms. The average molecular weight is 331 g/mol. The molecule has 0 aliphatic heterocycles. The quantitative estimate of drug-likeness (QED) is 0.456. The largest absolute Gasteiger partial charge is 0.433 e. The normalized spacial score (nSPS) is 11.1.